The number of aliphatic imine (C=N–C) groups is 1. The van der Waals surface area contributed by atoms with Crippen LogP contribution in [0.25, 0.3) is 5.82 Å². The van der Waals surface area contributed by atoms with Crippen molar-refractivity contribution in [2.24, 2.45) is 10.9 Å². The van der Waals surface area contributed by atoms with Gasteiger partial charge in [-0.25, -0.2) is 15.0 Å². The molecule has 0 aliphatic heterocycles. The molecule has 2 rings (SSSR count). The Morgan fingerprint density at radius 2 is 2.15 bits per heavy atom. The van der Waals surface area contributed by atoms with E-state index in [2.05, 4.69) is 46.4 Å². The Balaban J connectivity index is 0.00000364. The van der Waals surface area contributed by atoms with Crippen LogP contribution in [-0.4, -0.2) is 46.8 Å². The molecule has 0 aromatic carbocycles. The molecular formula is C19H31IN6O. The SMILES string of the molecule is CCNC(=NCc1ccc(-n2ccnc2)nc1)NCCCOCC(C)C.I. The zero-order chi connectivity index (χ0) is 18.6. The maximum Gasteiger partial charge on any atom is 0.191 e. The highest BCUT2D eigenvalue weighted by atomic mass is 127. The highest BCUT2D eigenvalue weighted by Gasteiger charge is 2.00. The van der Waals surface area contributed by atoms with Crippen LogP contribution < -0.4 is 10.6 Å². The van der Waals surface area contributed by atoms with E-state index in [4.69, 9.17) is 4.74 Å². The highest BCUT2D eigenvalue weighted by molar-refractivity contribution is 14.0. The maximum atomic E-state index is 5.59. The number of hydrogen-bond donors (Lipinski definition) is 2. The van der Waals surface area contributed by atoms with Crippen LogP contribution >= 0.6 is 24.0 Å². The Hall–Kier alpha value is -1.68. The van der Waals surface area contributed by atoms with Gasteiger partial charge in [0.2, 0.25) is 0 Å². The molecule has 0 saturated heterocycles. The minimum atomic E-state index is 0. The van der Waals surface area contributed by atoms with Crippen LogP contribution in [0.3, 0.4) is 0 Å². The highest BCUT2D eigenvalue weighted by Crippen LogP contribution is 2.06. The second-order valence-corrected chi connectivity index (χ2v) is 6.44. The molecule has 2 aromatic rings. The van der Waals surface area contributed by atoms with Gasteiger partial charge in [-0.05, 0) is 30.9 Å². The number of nitrogens with zero attached hydrogens (tertiary/aromatic N) is 4. The van der Waals surface area contributed by atoms with Gasteiger partial charge >= 0.3 is 0 Å². The smallest absolute Gasteiger partial charge is 0.191 e. The summed E-state index contributed by atoms with van der Waals surface area (Å²) in [7, 11) is 0. The van der Waals surface area contributed by atoms with Crippen molar-refractivity contribution in [2.75, 3.05) is 26.3 Å². The minimum absolute atomic E-state index is 0. The number of guanidine groups is 1. The molecule has 8 heteroatoms. The Morgan fingerprint density at radius 1 is 1.30 bits per heavy atom. The Labute approximate surface area is 179 Å². The summed E-state index contributed by atoms with van der Waals surface area (Å²) >= 11 is 0. The lowest BCUT2D eigenvalue weighted by molar-refractivity contribution is 0.108. The van der Waals surface area contributed by atoms with Crippen LogP contribution in [0.1, 0.15) is 32.8 Å². The molecule has 0 fully saturated rings. The van der Waals surface area contributed by atoms with Gasteiger partial charge in [0, 0.05) is 44.9 Å². The Kier molecular flexibility index (Phi) is 11.7. The lowest BCUT2D eigenvalue weighted by atomic mass is 10.2. The molecule has 0 saturated carbocycles. The summed E-state index contributed by atoms with van der Waals surface area (Å²) in [6.45, 7) is 10.2. The lowest BCUT2D eigenvalue weighted by Gasteiger charge is -2.12. The molecule has 0 radical (unpaired) electrons. The van der Waals surface area contributed by atoms with Gasteiger partial charge in [-0.2, -0.15) is 0 Å². The molecular weight excluding hydrogens is 455 g/mol. The van der Waals surface area contributed by atoms with Gasteiger partial charge in [0.25, 0.3) is 0 Å². The quantitative estimate of drug-likeness (QED) is 0.234. The first kappa shape index (κ1) is 23.4. The third-order valence-corrected chi connectivity index (χ3v) is 3.55. The fourth-order valence-corrected chi connectivity index (χ4v) is 2.27. The Bertz CT molecular complexity index is 643. The Morgan fingerprint density at radius 3 is 2.78 bits per heavy atom. The van der Waals surface area contributed by atoms with Crippen molar-refractivity contribution in [1.82, 2.24) is 25.2 Å². The van der Waals surface area contributed by atoms with Gasteiger partial charge in [-0.15, -0.1) is 24.0 Å². The van der Waals surface area contributed by atoms with Gasteiger partial charge in [0.05, 0.1) is 6.54 Å². The predicted octanol–water partition coefficient (Wildman–Crippen LogP) is 3.00. The van der Waals surface area contributed by atoms with Crippen molar-refractivity contribution in [3.05, 3.63) is 42.6 Å². The summed E-state index contributed by atoms with van der Waals surface area (Å²) in [5.74, 6) is 2.24. The number of nitrogens with one attached hydrogen (secondary N) is 2. The number of imidazole rings is 1. The molecule has 0 aliphatic carbocycles. The van der Waals surface area contributed by atoms with Crippen LogP contribution in [0, 0.1) is 5.92 Å². The van der Waals surface area contributed by atoms with Gasteiger partial charge in [0.15, 0.2) is 5.96 Å². The zero-order valence-corrected chi connectivity index (χ0v) is 18.7. The first-order chi connectivity index (χ1) is 12.7. The molecule has 2 aromatic heterocycles. The van der Waals surface area contributed by atoms with Crippen molar-refractivity contribution in [1.29, 1.82) is 0 Å². The van der Waals surface area contributed by atoms with E-state index in [0.29, 0.717) is 12.5 Å². The number of hydrogen-bond acceptors (Lipinski definition) is 4. The van der Waals surface area contributed by atoms with Crippen LogP contribution in [0.4, 0.5) is 0 Å². The molecule has 0 atom stereocenters. The van der Waals surface area contributed by atoms with Gasteiger partial charge in [-0.3, -0.25) is 4.57 Å². The minimum Gasteiger partial charge on any atom is -0.381 e. The largest absolute Gasteiger partial charge is 0.381 e. The molecule has 2 heterocycles. The summed E-state index contributed by atoms with van der Waals surface area (Å²) in [4.78, 5) is 13.1. The molecule has 27 heavy (non-hydrogen) atoms. The van der Waals surface area contributed by atoms with Crippen molar-refractivity contribution in [2.45, 2.75) is 33.7 Å². The summed E-state index contributed by atoms with van der Waals surface area (Å²) in [6.07, 6.45) is 8.15. The zero-order valence-electron chi connectivity index (χ0n) is 16.4. The second kappa shape index (κ2) is 13.5. The van der Waals surface area contributed by atoms with Crippen LogP contribution in [0.5, 0.6) is 0 Å². The summed E-state index contributed by atoms with van der Waals surface area (Å²) in [5, 5.41) is 6.60. The van der Waals surface area contributed by atoms with E-state index in [1.165, 1.54) is 0 Å². The molecule has 0 unspecified atom stereocenters. The number of aromatic nitrogens is 3. The standard InChI is InChI=1S/C19H30N6O.HI/c1-4-21-19(22-8-5-11-26-14-16(2)3)24-13-17-6-7-18(23-12-17)25-10-9-20-15-25;/h6-7,9-10,12,15-16H,4-5,8,11,13-14H2,1-3H3,(H2,21,22,24);1H. The van der Waals surface area contributed by atoms with E-state index in [9.17, 15) is 0 Å². The van der Waals surface area contributed by atoms with E-state index in [-0.39, 0.29) is 24.0 Å². The first-order valence-corrected chi connectivity index (χ1v) is 9.22. The summed E-state index contributed by atoms with van der Waals surface area (Å²) in [5.41, 5.74) is 1.06. The van der Waals surface area contributed by atoms with Crippen molar-refractivity contribution in [3.8, 4) is 5.82 Å². The van der Waals surface area contributed by atoms with E-state index in [1.807, 2.05) is 29.1 Å². The summed E-state index contributed by atoms with van der Waals surface area (Å²) in [6, 6.07) is 4.01. The van der Waals surface area contributed by atoms with Crippen LogP contribution in [0.15, 0.2) is 42.0 Å². The molecule has 150 valence electrons. The van der Waals surface area contributed by atoms with Gasteiger partial charge in [0.1, 0.15) is 12.1 Å². The average molecular weight is 486 g/mol. The average Bonchev–Trinajstić information content (AvgIpc) is 3.17. The molecule has 0 bridgehead atoms. The van der Waals surface area contributed by atoms with E-state index >= 15 is 0 Å². The molecule has 7 nitrogen and oxygen atoms in total. The number of ether oxygens (including phenoxy) is 1. The van der Waals surface area contributed by atoms with Crippen LogP contribution in [0.2, 0.25) is 0 Å². The second-order valence-electron chi connectivity index (χ2n) is 6.44. The van der Waals surface area contributed by atoms with Crippen LogP contribution in [-0.2, 0) is 11.3 Å². The molecule has 0 amide bonds. The molecule has 0 spiro atoms. The van der Waals surface area contributed by atoms with Crippen molar-refractivity contribution in [3.63, 3.8) is 0 Å². The van der Waals surface area contributed by atoms with Crippen molar-refractivity contribution >= 4 is 29.9 Å². The third kappa shape index (κ3) is 9.18. The normalized spacial score (nSPS) is 11.3. The fraction of sp³-hybridized carbons (Fsp3) is 0.526. The van der Waals surface area contributed by atoms with E-state index < -0.39 is 0 Å². The maximum absolute atomic E-state index is 5.59. The third-order valence-electron chi connectivity index (χ3n) is 3.55. The number of halogens is 1. The first-order valence-electron chi connectivity index (χ1n) is 9.22. The van der Waals surface area contributed by atoms with Gasteiger partial charge in [-0.1, -0.05) is 19.9 Å². The van der Waals surface area contributed by atoms with Gasteiger partial charge < -0.3 is 15.4 Å². The monoisotopic (exact) mass is 486 g/mol. The summed E-state index contributed by atoms with van der Waals surface area (Å²) < 4.78 is 7.47. The fourth-order valence-electron chi connectivity index (χ4n) is 2.27. The number of rotatable bonds is 10. The predicted molar refractivity (Wildman–Crippen MR) is 120 cm³/mol. The molecule has 2 N–H and O–H groups in total. The number of pyridine rings is 1. The lowest BCUT2D eigenvalue weighted by Crippen LogP contribution is -2.38. The topological polar surface area (TPSA) is 76.4 Å². The molecule has 0 aliphatic rings. The van der Waals surface area contributed by atoms with E-state index in [0.717, 1.165) is 50.1 Å². The van der Waals surface area contributed by atoms with Crippen molar-refractivity contribution < 1.29 is 4.74 Å². The van der Waals surface area contributed by atoms with E-state index in [1.54, 1.807) is 12.5 Å².